The van der Waals surface area contributed by atoms with Crippen LogP contribution in [0.4, 0.5) is 0 Å². The predicted molar refractivity (Wildman–Crippen MR) is 80.0 cm³/mol. The van der Waals surface area contributed by atoms with E-state index in [0.717, 1.165) is 18.7 Å². The Kier molecular flexibility index (Phi) is 5.54. The second-order valence-electron chi connectivity index (χ2n) is 4.99. The van der Waals surface area contributed by atoms with E-state index in [0.29, 0.717) is 6.04 Å². The third kappa shape index (κ3) is 4.01. The second-order valence-corrected chi connectivity index (χ2v) is 6.33. The summed E-state index contributed by atoms with van der Waals surface area (Å²) in [5.41, 5.74) is 7.57. The summed E-state index contributed by atoms with van der Waals surface area (Å²) in [4.78, 5) is 1.34. The van der Waals surface area contributed by atoms with E-state index in [-0.39, 0.29) is 6.04 Å². The van der Waals surface area contributed by atoms with E-state index in [1.54, 1.807) is 0 Å². The molecular weight excluding hydrogens is 240 g/mol. The van der Waals surface area contributed by atoms with Crippen molar-refractivity contribution < 1.29 is 0 Å². The number of piperidine rings is 1. The van der Waals surface area contributed by atoms with Crippen LogP contribution in [0.1, 0.15) is 44.2 Å². The van der Waals surface area contributed by atoms with Crippen molar-refractivity contribution in [1.29, 1.82) is 0 Å². The molecule has 1 aliphatic heterocycles. The van der Waals surface area contributed by atoms with Gasteiger partial charge in [-0.1, -0.05) is 25.5 Å². The molecular formula is C15H24N2S. The van der Waals surface area contributed by atoms with Crippen molar-refractivity contribution in [3.05, 3.63) is 29.8 Å². The van der Waals surface area contributed by atoms with Crippen LogP contribution >= 0.6 is 11.8 Å². The van der Waals surface area contributed by atoms with Gasteiger partial charge in [-0.3, -0.25) is 0 Å². The van der Waals surface area contributed by atoms with E-state index in [4.69, 9.17) is 5.73 Å². The van der Waals surface area contributed by atoms with E-state index >= 15 is 0 Å². The van der Waals surface area contributed by atoms with Gasteiger partial charge in [-0.2, -0.15) is 0 Å². The first kappa shape index (κ1) is 13.9. The van der Waals surface area contributed by atoms with Crippen molar-refractivity contribution in [2.75, 3.05) is 12.3 Å². The van der Waals surface area contributed by atoms with Crippen LogP contribution < -0.4 is 11.1 Å². The smallest absolute Gasteiger partial charge is 0.0309 e. The Morgan fingerprint density at radius 2 is 2.11 bits per heavy atom. The standard InChI is InChI=1S/C15H24N2S/c1-2-18-14-8-6-12(7-9-14)15(16)11-13-5-3-4-10-17-13/h6-9,13,15,17H,2-5,10-11,16H2,1H3. The summed E-state index contributed by atoms with van der Waals surface area (Å²) in [6, 6.07) is 9.53. The van der Waals surface area contributed by atoms with Gasteiger partial charge in [0, 0.05) is 17.0 Å². The Balaban J connectivity index is 1.89. The third-order valence-electron chi connectivity index (χ3n) is 3.57. The number of nitrogens with one attached hydrogen (secondary N) is 1. The predicted octanol–water partition coefficient (Wildman–Crippen LogP) is 3.33. The largest absolute Gasteiger partial charge is 0.324 e. The first-order valence-corrected chi connectivity index (χ1v) is 8.00. The van der Waals surface area contributed by atoms with Gasteiger partial charge >= 0.3 is 0 Å². The molecule has 0 radical (unpaired) electrons. The molecule has 2 atom stereocenters. The second kappa shape index (κ2) is 7.17. The molecule has 2 unspecified atom stereocenters. The highest BCUT2D eigenvalue weighted by Crippen LogP contribution is 2.23. The summed E-state index contributed by atoms with van der Waals surface area (Å²) < 4.78 is 0. The monoisotopic (exact) mass is 264 g/mol. The molecule has 3 heteroatoms. The van der Waals surface area contributed by atoms with Crippen LogP contribution in [-0.2, 0) is 0 Å². The summed E-state index contributed by atoms with van der Waals surface area (Å²) in [6.07, 6.45) is 4.99. The van der Waals surface area contributed by atoms with E-state index in [1.165, 1.54) is 29.7 Å². The first-order valence-electron chi connectivity index (χ1n) is 7.01. The van der Waals surface area contributed by atoms with Gasteiger partial charge in [-0.15, -0.1) is 11.8 Å². The lowest BCUT2D eigenvalue weighted by atomic mass is 9.95. The summed E-state index contributed by atoms with van der Waals surface area (Å²) in [6.45, 7) is 3.34. The summed E-state index contributed by atoms with van der Waals surface area (Å²) in [7, 11) is 0. The summed E-state index contributed by atoms with van der Waals surface area (Å²) in [5.74, 6) is 1.12. The van der Waals surface area contributed by atoms with Gasteiger partial charge in [0.15, 0.2) is 0 Å². The highest BCUT2D eigenvalue weighted by Gasteiger charge is 2.16. The van der Waals surface area contributed by atoms with Crippen molar-refractivity contribution in [1.82, 2.24) is 5.32 Å². The molecule has 0 bridgehead atoms. The Morgan fingerprint density at radius 1 is 1.33 bits per heavy atom. The van der Waals surface area contributed by atoms with Crippen LogP contribution in [0, 0.1) is 0 Å². The zero-order valence-corrected chi connectivity index (χ0v) is 12.0. The molecule has 0 spiro atoms. The van der Waals surface area contributed by atoms with Crippen molar-refractivity contribution >= 4 is 11.8 Å². The zero-order valence-electron chi connectivity index (χ0n) is 11.2. The molecule has 1 fully saturated rings. The van der Waals surface area contributed by atoms with Crippen LogP contribution in [0.5, 0.6) is 0 Å². The van der Waals surface area contributed by atoms with Gasteiger partial charge in [0.1, 0.15) is 0 Å². The topological polar surface area (TPSA) is 38.0 Å². The number of nitrogens with two attached hydrogens (primary N) is 1. The van der Waals surface area contributed by atoms with Crippen molar-refractivity contribution in [2.45, 2.75) is 49.6 Å². The van der Waals surface area contributed by atoms with Crippen LogP contribution in [0.3, 0.4) is 0 Å². The lowest BCUT2D eigenvalue weighted by molar-refractivity contribution is 0.362. The molecule has 1 heterocycles. The van der Waals surface area contributed by atoms with Gasteiger partial charge in [0.2, 0.25) is 0 Å². The molecule has 0 amide bonds. The van der Waals surface area contributed by atoms with Crippen LogP contribution in [0.25, 0.3) is 0 Å². The van der Waals surface area contributed by atoms with E-state index < -0.39 is 0 Å². The molecule has 100 valence electrons. The van der Waals surface area contributed by atoms with E-state index in [1.807, 2.05) is 11.8 Å². The molecule has 1 aromatic carbocycles. The Labute approximate surface area is 115 Å². The molecule has 2 rings (SSSR count). The SMILES string of the molecule is CCSc1ccc(C(N)CC2CCCCN2)cc1. The molecule has 0 aliphatic carbocycles. The minimum atomic E-state index is 0.168. The lowest BCUT2D eigenvalue weighted by Gasteiger charge is -2.26. The number of hydrogen-bond acceptors (Lipinski definition) is 3. The fourth-order valence-corrected chi connectivity index (χ4v) is 3.21. The quantitative estimate of drug-likeness (QED) is 0.801. The van der Waals surface area contributed by atoms with Gasteiger partial charge in [-0.05, 0) is 49.3 Å². The van der Waals surface area contributed by atoms with Gasteiger partial charge in [0.25, 0.3) is 0 Å². The molecule has 0 saturated carbocycles. The minimum Gasteiger partial charge on any atom is -0.324 e. The van der Waals surface area contributed by atoms with Crippen molar-refractivity contribution in [2.24, 2.45) is 5.73 Å². The van der Waals surface area contributed by atoms with Crippen molar-refractivity contribution in [3.8, 4) is 0 Å². The first-order chi connectivity index (χ1) is 8.79. The van der Waals surface area contributed by atoms with Crippen LogP contribution in [-0.4, -0.2) is 18.3 Å². The summed E-state index contributed by atoms with van der Waals surface area (Å²) in [5, 5.41) is 3.57. The number of hydrogen-bond donors (Lipinski definition) is 2. The third-order valence-corrected chi connectivity index (χ3v) is 4.46. The van der Waals surface area contributed by atoms with Crippen LogP contribution in [0.2, 0.25) is 0 Å². The van der Waals surface area contributed by atoms with Gasteiger partial charge in [-0.25, -0.2) is 0 Å². The maximum absolute atomic E-state index is 6.30. The zero-order chi connectivity index (χ0) is 12.8. The lowest BCUT2D eigenvalue weighted by Crippen LogP contribution is -2.36. The average Bonchev–Trinajstić information content (AvgIpc) is 2.41. The van der Waals surface area contributed by atoms with E-state index in [2.05, 4.69) is 36.5 Å². The maximum Gasteiger partial charge on any atom is 0.0309 e. The van der Waals surface area contributed by atoms with E-state index in [9.17, 15) is 0 Å². The molecule has 2 nitrogen and oxygen atoms in total. The highest BCUT2D eigenvalue weighted by molar-refractivity contribution is 7.99. The molecule has 3 N–H and O–H groups in total. The maximum atomic E-state index is 6.30. The van der Waals surface area contributed by atoms with Gasteiger partial charge in [0.05, 0.1) is 0 Å². The Bertz CT molecular complexity index is 344. The normalized spacial score (nSPS) is 21.8. The molecule has 18 heavy (non-hydrogen) atoms. The molecule has 1 aliphatic rings. The fourth-order valence-electron chi connectivity index (χ4n) is 2.55. The summed E-state index contributed by atoms with van der Waals surface area (Å²) >= 11 is 1.88. The molecule has 1 aromatic rings. The fraction of sp³-hybridized carbons (Fsp3) is 0.600. The average molecular weight is 264 g/mol. The van der Waals surface area contributed by atoms with Crippen molar-refractivity contribution in [3.63, 3.8) is 0 Å². The highest BCUT2D eigenvalue weighted by atomic mass is 32.2. The minimum absolute atomic E-state index is 0.168. The molecule has 0 aromatic heterocycles. The number of rotatable bonds is 5. The number of thioether (sulfide) groups is 1. The molecule has 1 saturated heterocycles. The van der Waals surface area contributed by atoms with Gasteiger partial charge < -0.3 is 11.1 Å². The Hall–Kier alpha value is -0.510. The number of benzene rings is 1. The van der Waals surface area contributed by atoms with Crippen LogP contribution in [0.15, 0.2) is 29.2 Å². The Morgan fingerprint density at radius 3 is 2.72 bits per heavy atom.